The molecule has 0 aromatic heterocycles. The maximum absolute atomic E-state index is 12.1. The molecule has 22 heavy (non-hydrogen) atoms. The summed E-state index contributed by atoms with van der Waals surface area (Å²) in [5, 5.41) is 3.56. The van der Waals surface area contributed by atoms with Crippen LogP contribution in [0, 0.1) is 6.92 Å². The maximum atomic E-state index is 12.1. The van der Waals surface area contributed by atoms with Crippen LogP contribution < -0.4 is 10.1 Å². The van der Waals surface area contributed by atoms with Crippen molar-refractivity contribution in [3.05, 3.63) is 58.6 Å². The highest BCUT2D eigenvalue weighted by molar-refractivity contribution is 6.31. The molecule has 0 saturated carbocycles. The van der Waals surface area contributed by atoms with E-state index >= 15 is 0 Å². The zero-order valence-electron chi connectivity index (χ0n) is 12.9. The number of carbonyl (C=O) groups excluding carboxylic acids is 1. The lowest BCUT2D eigenvalue weighted by Gasteiger charge is -2.11. The fourth-order valence-electron chi connectivity index (χ4n) is 2.21. The number of hydrogen-bond donors (Lipinski definition) is 1. The Kier molecular flexibility index (Phi) is 5.84. The van der Waals surface area contributed by atoms with Crippen LogP contribution in [0.3, 0.4) is 0 Å². The van der Waals surface area contributed by atoms with Crippen LogP contribution in [0.15, 0.2) is 42.5 Å². The Balaban J connectivity index is 1.97. The van der Waals surface area contributed by atoms with Crippen molar-refractivity contribution in [3.8, 4) is 5.75 Å². The number of anilines is 1. The molecule has 0 spiro atoms. The minimum absolute atomic E-state index is 0.0309. The van der Waals surface area contributed by atoms with Gasteiger partial charge in [0.1, 0.15) is 5.75 Å². The van der Waals surface area contributed by atoms with Gasteiger partial charge in [-0.15, -0.1) is 0 Å². The molecule has 0 bridgehead atoms. The van der Waals surface area contributed by atoms with Gasteiger partial charge in [0, 0.05) is 17.1 Å². The SMILES string of the molecule is CCOc1ccccc1CCC(=O)Nc1cccc(Cl)c1C. The maximum Gasteiger partial charge on any atom is 0.224 e. The van der Waals surface area contributed by atoms with E-state index in [1.54, 1.807) is 0 Å². The van der Waals surface area contributed by atoms with Gasteiger partial charge in [-0.2, -0.15) is 0 Å². The Morgan fingerprint density at radius 1 is 1.18 bits per heavy atom. The summed E-state index contributed by atoms with van der Waals surface area (Å²) in [6.45, 7) is 4.46. The second kappa shape index (κ2) is 7.85. The number of halogens is 1. The fraction of sp³-hybridized carbons (Fsp3) is 0.278. The topological polar surface area (TPSA) is 38.3 Å². The van der Waals surface area contributed by atoms with Gasteiger partial charge in [0.05, 0.1) is 6.61 Å². The Labute approximate surface area is 136 Å². The normalized spacial score (nSPS) is 10.3. The van der Waals surface area contributed by atoms with Crippen LogP contribution in [0.4, 0.5) is 5.69 Å². The molecule has 3 nitrogen and oxygen atoms in total. The van der Waals surface area contributed by atoms with E-state index in [0.717, 1.165) is 22.6 Å². The van der Waals surface area contributed by atoms with Crippen molar-refractivity contribution < 1.29 is 9.53 Å². The van der Waals surface area contributed by atoms with Crippen LogP contribution in [0.2, 0.25) is 5.02 Å². The molecule has 0 saturated heterocycles. The van der Waals surface area contributed by atoms with E-state index in [2.05, 4.69) is 5.32 Å². The monoisotopic (exact) mass is 317 g/mol. The van der Waals surface area contributed by atoms with Crippen molar-refractivity contribution in [1.82, 2.24) is 0 Å². The summed E-state index contributed by atoms with van der Waals surface area (Å²) < 4.78 is 5.57. The summed E-state index contributed by atoms with van der Waals surface area (Å²) in [5.41, 5.74) is 2.69. The predicted molar refractivity (Wildman–Crippen MR) is 90.8 cm³/mol. The lowest BCUT2D eigenvalue weighted by Crippen LogP contribution is -2.13. The van der Waals surface area contributed by atoms with Crippen molar-refractivity contribution in [3.63, 3.8) is 0 Å². The molecule has 0 fully saturated rings. The highest BCUT2D eigenvalue weighted by Crippen LogP contribution is 2.24. The van der Waals surface area contributed by atoms with Crippen LogP contribution in [-0.4, -0.2) is 12.5 Å². The lowest BCUT2D eigenvalue weighted by molar-refractivity contribution is -0.116. The summed E-state index contributed by atoms with van der Waals surface area (Å²) in [5.74, 6) is 0.813. The predicted octanol–water partition coefficient (Wildman–Crippen LogP) is 4.62. The third-order valence-corrected chi connectivity index (χ3v) is 3.85. The van der Waals surface area contributed by atoms with E-state index in [1.807, 2.05) is 56.3 Å². The molecule has 0 atom stereocenters. The number of carbonyl (C=O) groups is 1. The molecule has 0 aliphatic carbocycles. The van der Waals surface area contributed by atoms with Gasteiger partial charge in [-0.25, -0.2) is 0 Å². The van der Waals surface area contributed by atoms with E-state index in [9.17, 15) is 4.79 Å². The van der Waals surface area contributed by atoms with Crippen molar-refractivity contribution in [1.29, 1.82) is 0 Å². The van der Waals surface area contributed by atoms with Gasteiger partial charge in [-0.3, -0.25) is 4.79 Å². The van der Waals surface area contributed by atoms with E-state index in [0.29, 0.717) is 24.5 Å². The molecule has 2 aromatic carbocycles. The molecular weight excluding hydrogens is 298 g/mol. The number of ether oxygens (including phenoxy) is 1. The van der Waals surface area contributed by atoms with Crippen LogP contribution in [-0.2, 0) is 11.2 Å². The second-order valence-corrected chi connectivity index (χ2v) is 5.41. The van der Waals surface area contributed by atoms with Gasteiger partial charge in [0.15, 0.2) is 0 Å². The van der Waals surface area contributed by atoms with Gasteiger partial charge in [0.25, 0.3) is 0 Å². The van der Waals surface area contributed by atoms with E-state index < -0.39 is 0 Å². The quantitative estimate of drug-likeness (QED) is 0.844. The Morgan fingerprint density at radius 2 is 1.95 bits per heavy atom. The largest absolute Gasteiger partial charge is 0.494 e. The molecule has 2 rings (SSSR count). The second-order valence-electron chi connectivity index (χ2n) is 5.00. The third-order valence-electron chi connectivity index (χ3n) is 3.44. The van der Waals surface area contributed by atoms with Crippen molar-refractivity contribution in [2.45, 2.75) is 26.7 Å². The summed E-state index contributed by atoms with van der Waals surface area (Å²) in [7, 11) is 0. The third kappa shape index (κ3) is 4.25. The molecule has 2 aromatic rings. The smallest absolute Gasteiger partial charge is 0.224 e. The van der Waals surface area contributed by atoms with Crippen molar-refractivity contribution in [2.75, 3.05) is 11.9 Å². The number of nitrogens with one attached hydrogen (secondary N) is 1. The summed E-state index contributed by atoms with van der Waals surface area (Å²) in [6.07, 6.45) is 1.04. The molecule has 0 heterocycles. The van der Waals surface area contributed by atoms with E-state index in [-0.39, 0.29) is 5.91 Å². The zero-order valence-corrected chi connectivity index (χ0v) is 13.6. The average molecular weight is 318 g/mol. The molecule has 0 aliphatic rings. The first-order valence-corrected chi connectivity index (χ1v) is 7.75. The number of amides is 1. The molecule has 1 N–H and O–H groups in total. The number of benzene rings is 2. The first kappa shape index (κ1) is 16.4. The number of aryl methyl sites for hydroxylation is 1. The minimum atomic E-state index is -0.0309. The Morgan fingerprint density at radius 3 is 2.73 bits per heavy atom. The highest BCUT2D eigenvalue weighted by Gasteiger charge is 2.09. The highest BCUT2D eigenvalue weighted by atomic mass is 35.5. The van der Waals surface area contributed by atoms with E-state index in [1.165, 1.54) is 0 Å². The summed E-state index contributed by atoms with van der Waals surface area (Å²) in [6, 6.07) is 13.3. The van der Waals surface area contributed by atoms with Gasteiger partial charge >= 0.3 is 0 Å². The molecule has 0 radical (unpaired) electrons. The summed E-state index contributed by atoms with van der Waals surface area (Å²) in [4.78, 5) is 12.1. The van der Waals surface area contributed by atoms with E-state index in [4.69, 9.17) is 16.3 Å². The molecule has 4 heteroatoms. The lowest BCUT2D eigenvalue weighted by atomic mass is 10.1. The molecule has 116 valence electrons. The van der Waals surface area contributed by atoms with Gasteiger partial charge in [-0.05, 0) is 49.6 Å². The van der Waals surface area contributed by atoms with Crippen LogP contribution in [0.5, 0.6) is 5.75 Å². The van der Waals surface area contributed by atoms with Crippen molar-refractivity contribution >= 4 is 23.2 Å². The number of para-hydroxylation sites is 1. The number of hydrogen-bond acceptors (Lipinski definition) is 2. The fourth-order valence-corrected chi connectivity index (χ4v) is 2.39. The Bertz CT molecular complexity index is 655. The molecule has 0 unspecified atom stereocenters. The molecular formula is C18H20ClNO2. The number of rotatable bonds is 6. The van der Waals surface area contributed by atoms with Crippen LogP contribution >= 0.6 is 11.6 Å². The van der Waals surface area contributed by atoms with Crippen LogP contribution in [0.25, 0.3) is 0 Å². The molecule has 0 aliphatic heterocycles. The van der Waals surface area contributed by atoms with Gasteiger partial charge < -0.3 is 10.1 Å². The zero-order chi connectivity index (χ0) is 15.9. The van der Waals surface area contributed by atoms with Gasteiger partial charge in [0.2, 0.25) is 5.91 Å². The van der Waals surface area contributed by atoms with Crippen molar-refractivity contribution in [2.24, 2.45) is 0 Å². The summed E-state index contributed by atoms with van der Waals surface area (Å²) >= 11 is 6.06. The standard InChI is InChI=1S/C18H20ClNO2/c1-3-22-17-10-5-4-7-14(17)11-12-18(21)20-16-9-6-8-15(19)13(16)2/h4-10H,3,11-12H2,1-2H3,(H,20,21). The first-order valence-electron chi connectivity index (χ1n) is 7.37. The first-order chi connectivity index (χ1) is 10.6. The molecule has 1 amide bonds. The minimum Gasteiger partial charge on any atom is -0.494 e. The van der Waals surface area contributed by atoms with Gasteiger partial charge in [-0.1, -0.05) is 35.9 Å². The van der Waals surface area contributed by atoms with Crippen LogP contribution in [0.1, 0.15) is 24.5 Å². The average Bonchev–Trinajstić information content (AvgIpc) is 2.51. The Hall–Kier alpha value is -2.00.